The Bertz CT molecular complexity index is 902. The molecule has 0 unspecified atom stereocenters. The highest BCUT2D eigenvalue weighted by atomic mass is 32.1. The number of non-ortho nitro benzene ring substituents is 1. The largest absolute Gasteiger partial charge is 0.335 e. The molecule has 1 N–H and O–H groups in total. The summed E-state index contributed by atoms with van der Waals surface area (Å²) in [5.41, 5.74) is 0.492. The third-order valence-corrected chi connectivity index (χ3v) is 5.27. The van der Waals surface area contributed by atoms with Crippen molar-refractivity contribution in [2.45, 2.75) is 0 Å². The minimum Gasteiger partial charge on any atom is -0.335 e. The first-order chi connectivity index (χ1) is 13.4. The quantitative estimate of drug-likeness (QED) is 0.472. The predicted octanol–water partition coefficient (Wildman–Crippen LogP) is 2.20. The van der Waals surface area contributed by atoms with Gasteiger partial charge in [0, 0.05) is 38.3 Å². The number of hydrogen-bond acceptors (Lipinski definition) is 6. The van der Waals surface area contributed by atoms with Crippen LogP contribution in [0.4, 0.5) is 5.69 Å². The van der Waals surface area contributed by atoms with Crippen LogP contribution in [0.2, 0.25) is 0 Å². The molecule has 3 rings (SSSR count). The maximum Gasteiger partial charge on any atom is 0.270 e. The molecule has 2 amide bonds. The van der Waals surface area contributed by atoms with Crippen LogP contribution in [0.1, 0.15) is 15.2 Å². The molecule has 0 aliphatic carbocycles. The molecule has 0 spiro atoms. The third kappa shape index (κ3) is 4.81. The molecule has 1 saturated heterocycles. The van der Waals surface area contributed by atoms with E-state index in [2.05, 4.69) is 10.2 Å². The first-order valence-corrected chi connectivity index (χ1v) is 9.61. The zero-order chi connectivity index (χ0) is 20.1. The van der Waals surface area contributed by atoms with Crippen molar-refractivity contribution in [1.82, 2.24) is 15.1 Å². The average Bonchev–Trinajstić information content (AvgIpc) is 3.22. The second-order valence-electron chi connectivity index (χ2n) is 6.44. The molecule has 0 atom stereocenters. The van der Waals surface area contributed by atoms with E-state index in [0.29, 0.717) is 23.5 Å². The van der Waals surface area contributed by atoms with E-state index in [-0.39, 0.29) is 23.2 Å². The maximum absolute atomic E-state index is 13.0. The van der Waals surface area contributed by atoms with Gasteiger partial charge in [0.2, 0.25) is 0 Å². The van der Waals surface area contributed by atoms with Gasteiger partial charge in [0.1, 0.15) is 5.70 Å². The SMILES string of the molecule is CN1CCN(C(=O)C(=Cc2cccc([N+](=O)[O-])c2)NC(=O)c2cccs2)CC1. The average molecular weight is 400 g/mol. The number of likely N-dealkylation sites (N-methyl/N-ethyl adjacent to an activating group) is 1. The lowest BCUT2D eigenvalue weighted by atomic mass is 10.1. The molecule has 28 heavy (non-hydrogen) atoms. The van der Waals surface area contributed by atoms with E-state index in [1.165, 1.54) is 29.5 Å². The number of nitro groups is 1. The molecular weight excluding hydrogens is 380 g/mol. The van der Waals surface area contributed by atoms with Crippen LogP contribution in [-0.4, -0.2) is 59.8 Å². The molecular formula is C19H20N4O4S. The van der Waals surface area contributed by atoms with E-state index in [1.54, 1.807) is 34.5 Å². The van der Waals surface area contributed by atoms with Gasteiger partial charge in [-0.3, -0.25) is 19.7 Å². The second kappa shape index (κ2) is 8.77. The highest BCUT2D eigenvalue weighted by Gasteiger charge is 2.24. The van der Waals surface area contributed by atoms with E-state index in [4.69, 9.17) is 0 Å². The standard InChI is InChI=1S/C19H20N4O4S/c1-21-7-9-22(10-8-21)19(25)16(20-18(24)17-6-3-11-28-17)13-14-4-2-5-15(12-14)23(26)27/h2-6,11-13H,7-10H2,1H3,(H,20,24). The van der Waals surface area contributed by atoms with E-state index in [1.807, 2.05) is 7.05 Å². The molecule has 2 aromatic rings. The minimum atomic E-state index is -0.496. The Hall–Kier alpha value is -3.04. The summed E-state index contributed by atoms with van der Waals surface area (Å²) in [6, 6.07) is 9.37. The van der Waals surface area contributed by atoms with Gasteiger partial charge >= 0.3 is 0 Å². The predicted molar refractivity (Wildman–Crippen MR) is 107 cm³/mol. The number of hydrogen-bond donors (Lipinski definition) is 1. The van der Waals surface area contributed by atoms with Crippen LogP contribution >= 0.6 is 11.3 Å². The number of carbonyl (C=O) groups excluding carboxylic acids is 2. The summed E-state index contributed by atoms with van der Waals surface area (Å²) in [4.78, 5) is 40.3. The first kappa shape index (κ1) is 19.7. The van der Waals surface area contributed by atoms with Gasteiger partial charge in [0.25, 0.3) is 17.5 Å². The fourth-order valence-electron chi connectivity index (χ4n) is 2.82. The summed E-state index contributed by atoms with van der Waals surface area (Å²) >= 11 is 1.27. The number of piperazine rings is 1. The van der Waals surface area contributed by atoms with Crippen LogP contribution < -0.4 is 5.32 Å². The van der Waals surface area contributed by atoms with Crippen molar-refractivity contribution >= 4 is 34.9 Å². The Morgan fingerprint density at radius 1 is 1.18 bits per heavy atom. The normalized spacial score (nSPS) is 15.3. The Kier molecular flexibility index (Phi) is 6.17. The van der Waals surface area contributed by atoms with E-state index >= 15 is 0 Å². The molecule has 8 nitrogen and oxygen atoms in total. The fourth-order valence-corrected chi connectivity index (χ4v) is 3.44. The van der Waals surface area contributed by atoms with E-state index in [9.17, 15) is 19.7 Å². The van der Waals surface area contributed by atoms with Gasteiger partial charge in [-0.15, -0.1) is 11.3 Å². The molecule has 0 saturated carbocycles. The molecule has 1 aromatic heterocycles. The van der Waals surface area contributed by atoms with E-state index < -0.39 is 4.92 Å². The van der Waals surface area contributed by atoms with Crippen molar-refractivity contribution in [1.29, 1.82) is 0 Å². The summed E-state index contributed by atoms with van der Waals surface area (Å²) in [7, 11) is 1.99. The van der Waals surface area contributed by atoms with Gasteiger partial charge in [0.15, 0.2) is 0 Å². The number of rotatable bonds is 5. The van der Waals surface area contributed by atoms with Gasteiger partial charge in [-0.05, 0) is 30.1 Å². The lowest BCUT2D eigenvalue weighted by molar-refractivity contribution is -0.384. The molecule has 0 bridgehead atoms. The Morgan fingerprint density at radius 2 is 1.93 bits per heavy atom. The van der Waals surface area contributed by atoms with Crippen LogP contribution in [0.3, 0.4) is 0 Å². The van der Waals surface area contributed by atoms with Crippen molar-refractivity contribution in [2.24, 2.45) is 0 Å². The molecule has 1 aromatic carbocycles. The van der Waals surface area contributed by atoms with Crippen molar-refractivity contribution in [3.05, 3.63) is 68.0 Å². The Morgan fingerprint density at radius 3 is 2.57 bits per heavy atom. The number of amides is 2. The minimum absolute atomic E-state index is 0.0790. The summed E-state index contributed by atoms with van der Waals surface area (Å²) < 4.78 is 0. The van der Waals surface area contributed by atoms with Crippen LogP contribution in [0.25, 0.3) is 6.08 Å². The van der Waals surface area contributed by atoms with Gasteiger partial charge < -0.3 is 15.1 Å². The van der Waals surface area contributed by atoms with Crippen molar-refractivity contribution in [2.75, 3.05) is 33.2 Å². The first-order valence-electron chi connectivity index (χ1n) is 8.73. The number of benzene rings is 1. The van der Waals surface area contributed by atoms with Crippen molar-refractivity contribution in [3.63, 3.8) is 0 Å². The Labute approximate surface area is 166 Å². The zero-order valence-corrected chi connectivity index (χ0v) is 16.1. The van der Waals surface area contributed by atoms with Gasteiger partial charge in [-0.2, -0.15) is 0 Å². The number of nitro benzene ring substituents is 1. The monoisotopic (exact) mass is 400 g/mol. The van der Waals surface area contributed by atoms with Crippen LogP contribution in [0.5, 0.6) is 0 Å². The molecule has 1 aliphatic rings. The second-order valence-corrected chi connectivity index (χ2v) is 7.38. The number of nitrogens with zero attached hydrogens (tertiary/aromatic N) is 3. The molecule has 146 valence electrons. The fraction of sp³-hybridized carbons (Fsp3) is 0.263. The summed E-state index contributed by atoms with van der Waals surface area (Å²) in [6.45, 7) is 2.59. The smallest absolute Gasteiger partial charge is 0.270 e. The maximum atomic E-state index is 13.0. The molecule has 0 radical (unpaired) electrons. The third-order valence-electron chi connectivity index (χ3n) is 4.41. The summed E-state index contributed by atoms with van der Waals surface area (Å²) in [5, 5.41) is 15.5. The molecule has 1 aliphatic heterocycles. The summed E-state index contributed by atoms with van der Waals surface area (Å²) in [5.74, 6) is -0.682. The van der Waals surface area contributed by atoms with Gasteiger partial charge in [-0.1, -0.05) is 18.2 Å². The van der Waals surface area contributed by atoms with Crippen LogP contribution in [0.15, 0.2) is 47.5 Å². The number of thiophene rings is 1. The van der Waals surface area contributed by atoms with Crippen LogP contribution in [0, 0.1) is 10.1 Å². The summed E-state index contributed by atoms with van der Waals surface area (Å²) in [6.07, 6.45) is 1.49. The highest BCUT2D eigenvalue weighted by Crippen LogP contribution is 2.17. The topological polar surface area (TPSA) is 95.8 Å². The lowest BCUT2D eigenvalue weighted by Gasteiger charge is -2.33. The van der Waals surface area contributed by atoms with Gasteiger partial charge in [0.05, 0.1) is 9.80 Å². The van der Waals surface area contributed by atoms with Crippen LogP contribution in [-0.2, 0) is 4.79 Å². The van der Waals surface area contributed by atoms with E-state index in [0.717, 1.165) is 13.1 Å². The van der Waals surface area contributed by atoms with Crippen molar-refractivity contribution < 1.29 is 14.5 Å². The number of carbonyl (C=O) groups is 2. The Balaban J connectivity index is 1.89. The highest BCUT2D eigenvalue weighted by molar-refractivity contribution is 7.12. The number of nitrogens with one attached hydrogen (secondary N) is 1. The van der Waals surface area contributed by atoms with Crippen molar-refractivity contribution in [3.8, 4) is 0 Å². The lowest BCUT2D eigenvalue weighted by Crippen LogP contribution is -2.49. The zero-order valence-electron chi connectivity index (χ0n) is 15.3. The molecule has 9 heteroatoms. The molecule has 1 fully saturated rings. The molecule has 2 heterocycles. The van der Waals surface area contributed by atoms with Gasteiger partial charge in [-0.25, -0.2) is 0 Å².